The highest BCUT2D eigenvalue weighted by molar-refractivity contribution is 5.88. The summed E-state index contributed by atoms with van der Waals surface area (Å²) in [6, 6.07) is 19.7. The molecule has 0 aliphatic carbocycles. The number of hydrogen-bond acceptors (Lipinski definition) is 9. The Morgan fingerprint density at radius 1 is 1.06 bits per heavy atom. The summed E-state index contributed by atoms with van der Waals surface area (Å²) in [4.78, 5) is 41.7. The van der Waals surface area contributed by atoms with E-state index in [0.29, 0.717) is 27.9 Å². The van der Waals surface area contributed by atoms with Crippen LogP contribution in [0.3, 0.4) is 0 Å². The number of benzene rings is 4. The average Bonchev–Trinajstić information content (AvgIpc) is 3.07. The molecule has 1 aromatic heterocycles. The highest BCUT2D eigenvalue weighted by Gasteiger charge is 2.24. The number of rotatable bonds is 12. The summed E-state index contributed by atoms with van der Waals surface area (Å²) in [6.07, 6.45) is 1.33. The van der Waals surface area contributed by atoms with Crippen molar-refractivity contribution in [2.45, 2.75) is 40.2 Å². The Labute approximate surface area is 276 Å². The number of carbonyl (C=O) groups is 1. The molecule has 12 heteroatoms. The topological polar surface area (TPSA) is 155 Å². The van der Waals surface area contributed by atoms with Gasteiger partial charge in [-0.05, 0) is 78.9 Å². The summed E-state index contributed by atoms with van der Waals surface area (Å²) >= 11 is 0. The van der Waals surface area contributed by atoms with E-state index >= 15 is 0 Å². The second kappa shape index (κ2) is 14.2. The van der Waals surface area contributed by atoms with Gasteiger partial charge in [-0.2, -0.15) is 9.78 Å². The number of nitro benzene ring substituents is 1. The molecular formula is C36H34N4O8. The number of methoxy groups -OCH3 is 1. The largest absolute Gasteiger partial charge is 0.496 e. The molecule has 5 rings (SSSR count). The van der Waals surface area contributed by atoms with E-state index in [4.69, 9.17) is 19.2 Å². The molecule has 246 valence electrons. The number of aromatic carboxylic acids is 1. The standard InChI is InChI=1S/C36H34N4O8/c1-6-47-32-17-24(16-30(40(44)45)33(32)48-20-23-10-9-11-25(15-23)36(42)43)19-37-39-34(38-29-13-8-7-12-26(29)35(39)41)28-18-27(21(2)3)31(46-5)14-22(28)4/h7-19,21H,6,20H2,1-5H3,(H,42,43). The van der Waals surface area contributed by atoms with E-state index in [2.05, 4.69) is 5.10 Å². The SMILES string of the molecule is CCOc1cc(C=Nn2c(-c3cc(C(C)C)c(OC)cc3C)nc3ccccc3c2=O)cc([N+](=O)[O-])c1OCc1cccc(C(=O)O)c1. The van der Waals surface area contributed by atoms with Gasteiger partial charge in [-0.15, -0.1) is 0 Å². The molecule has 0 radical (unpaired) electrons. The van der Waals surface area contributed by atoms with Crippen LogP contribution in [0.25, 0.3) is 22.3 Å². The van der Waals surface area contributed by atoms with Crippen LogP contribution in [0.2, 0.25) is 0 Å². The lowest BCUT2D eigenvalue weighted by molar-refractivity contribution is -0.386. The monoisotopic (exact) mass is 650 g/mol. The Kier molecular flexibility index (Phi) is 9.83. The van der Waals surface area contributed by atoms with E-state index in [9.17, 15) is 24.8 Å². The minimum absolute atomic E-state index is 0.0604. The van der Waals surface area contributed by atoms with E-state index < -0.39 is 22.1 Å². The quantitative estimate of drug-likeness (QED) is 0.0856. The second-order valence-electron chi connectivity index (χ2n) is 11.2. The first-order valence-corrected chi connectivity index (χ1v) is 15.2. The van der Waals surface area contributed by atoms with Crippen molar-refractivity contribution in [3.05, 3.63) is 121 Å². The first-order valence-electron chi connectivity index (χ1n) is 15.2. The van der Waals surface area contributed by atoms with Crippen molar-refractivity contribution in [2.24, 2.45) is 5.10 Å². The fourth-order valence-corrected chi connectivity index (χ4v) is 5.27. The van der Waals surface area contributed by atoms with Crippen LogP contribution in [0, 0.1) is 17.0 Å². The fourth-order valence-electron chi connectivity index (χ4n) is 5.27. The summed E-state index contributed by atoms with van der Waals surface area (Å²) in [5.74, 6) is -0.0211. The van der Waals surface area contributed by atoms with Crippen molar-refractivity contribution in [1.29, 1.82) is 0 Å². The van der Waals surface area contributed by atoms with Gasteiger partial charge in [0.25, 0.3) is 5.56 Å². The van der Waals surface area contributed by atoms with Crippen LogP contribution >= 0.6 is 0 Å². The zero-order valence-corrected chi connectivity index (χ0v) is 27.1. The van der Waals surface area contributed by atoms with Crippen LogP contribution in [0.15, 0.2) is 82.7 Å². The minimum atomic E-state index is -1.10. The molecule has 0 amide bonds. The van der Waals surface area contributed by atoms with Crippen molar-refractivity contribution >= 4 is 28.8 Å². The van der Waals surface area contributed by atoms with Gasteiger partial charge in [0, 0.05) is 17.2 Å². The fraction of sp³-hybridized carbons (Fsp3) is 0.222. The number of fused-ring (bicyclic) bond motifs is 1. The van der Waals surface area contributed by atoms with Crippen molar-refractivity contribution < 1.29 is 29.0 Å². The normalized spacial score (nSPS) is 11.3. The molecule has 4 aromatic carbocycles. The third-order valence-electron chi connectivity index (χ3n) is 7.63. The first-order chi connectivity index (χ1) is 23.0. The van der Waals surface area contributed by atoms with Crippen LogP contribution in [-0.4, -0.2) is 45.6 Å². The highest BCUT2D eigenvalue weighted by atomic mass is 16.6. The van der Waals surface area contributed by atoms with Crippen LogP contribution in [0.4, 0.5) is 5.69 Å². The van der Waals surface area contributed by atoms with Crippen molar-refractivity contribution in [2.75, 3.05) is 13.7 Å². The number of nitrogens with zero attached hydrogens (tertiary/aromatic N) is 4. The molecule has 48 heavy (non-hydrogen) atoms. The number of carboxylic acids is 1. The van der Waals surface area contributed by atoms with Crippen molar-refractivity contribution in [1.82, 2.24) is 9.66 Å². The van der Waals surface area contributed by atoms with E-state index in [1.165, 1.54) is 35.2 Å². The zero-order valence-electron chi connectivity index (χ0n) is 27.1. The highest BCUT2D eigenvalue weighted by Crippen LogP contribution is 2.39. The maximum Gasteiger partial charge on any atom is 0.335 e. The van der Waals surface area contributed by atoms with Gasteiger partial charge >= 0.3 is 11.7 Å². The zero-order chi connectivity index (χ0) is 34.5. The third-order valence-corrected chi connectivity index (χ3v) is 7.63. The lowest BCUT2D eigenvalue weighted by Crippen LogP contribution is -2.21. The van der Waals surface area contributed by atoms with E-state index in [1.54, 1.807) is 50.4 Å². The Hall–Kier alpha value is -6.04. The van der Waals surface area contributed by atoms with Gasteiger partial charge in [-0.1, -0.05) is 38.1 Å². The number of nitro groups is 1. The van der Waals surface area contributed by atoms with Crippen LogP contribution in [-0.2, 0) is 6.61 Å². The van der Waals surface area contributed by atoms with Crippen LogP contribution in [0.1, 0.15) is 59.3 Å². The smallest absolute Gasteiger partial charge is 0.335 e. The molecular weight excluding hydrogens is 616 g/mol. The summed E-state index contributed by atoms with van der Waals surface area (Å²) in [7, 11) is 1.61. The van der Waals surface area contributed by atoms with Gasteiger partial charge in [0.2, 0.25) is 5.75 Å². The molecule has 0 bridgehead atoms. The van der Waals surface area contributed by atoms with E-state index in [-0.39, 0.29) is 41.8 Å². The molecule has 0 saturated carbocycles. The summed E-state index contributed by atoms with van der Waals surface area (Å²) in [5.41, 5.74) is 2.93. The third kappa shape index (κ3) is 6.87. The summed E-state index contributed by atoms with van der Waals surface area (Å²) in [6.45, 7) is 7.73. The van der Waals surface area contributed by atoms with Crippen molar-refractivity contribution in [3.63, 3.8) is 0 Å². The number of para-hydroxylation sites is 1. The number of aromatic nitrogens is 2. The maximum absolute atomic E-state index is 13.9. The molecule has 0 atom stereocenters. The number of ether oxygens (including phenoxy) is 3. The van der Waals surface area contributed by atoms with E-state index in [1.807, 2.05) is 32.9 Å². The van der Waals surface area contributed by atoms with Gasteiger partial charge < -0.3 is 19.3 Å². The van der Waals surface area contributed by atoms with Gasteiger partial charge in [-0.3, -0.25) is 14.9 Å². The first kappa shape index (κ1) is 33.3. The average molecular weight is 651 g/mol. The van der Waals surface area contributed by atoms with Gasteiger partial charge in [-0.25, -0.2) is 9.78 Å². The molecule has 0 saturated heterocycles. The van der Waals surface area contributed by atoms with Crippen LogP contribution in [0.5, 0.6) is 17.2 Å². The molecule has 0 aliphatic rings. The Morgan fingerprint density at radius 2 is 1.83 bits per heavy atom. The molecule has 5 aromatic rings. The van der Waals surface area contributed by atoms with E-state index in [0.717, 1.165) is 16.9 Å². The maximum atomic E-state index is 13.9. The summed E-state index contributed by atoms with van der Waals surface area (Å²) < 4.78 is 18.4. The molecule has 1 N–H and O–H groups in total. The molecule has 12 nitrogen and oxygen atoms in total. The Morgan fingerprint density at radius 3 is 2.52 bits per heavy atom. The summed E-state index contributed by atoms with van der Waals surface area (Å²) in [5, 5.41) is 26.4. The number of hydrogen-bond donors (Lipinski definition) is 1. The number of aryl methyl sites for hydroxylation is 1. The Bertz CT molecular complexity index is 2120. The predicted octanol–water partition coefficient (Wildman–Crippen LogP) is 6.97. The van der Waals surface area contributed by atoms with Crippen molar-refractivity contribution in [3.8, 4) is 28.6 Å². The molecule has 0 spiro atoms. The molecule has 1 heterocycles. The van der Waals surface area contributed by atoms with Gasteiger partial charge in [0.05, 0.1) is 41.3 Å². The van der Waals surface area contributed by atoms with Crippen LogP contribution < -0.4 is 19.8 Å². The van der Waals surface area contributed by atoms with Gasteiger partial charge in [0.1, 0.15) is 12.4 Å². The second-order valence-corrected chi connectivity index (χ2v) is 11.2. The van der Waals surface area contributed by atoms with Gasteiger partial charge in [0.15, 0.2) is 11.6 Å². The molecule has 0 fully saturated rings. The molecule has 0 unspecified atom stereocenters. The lowest BCUT2D eigenvalue weighted by Gasteiger charge is -2.17. The number of carboxylic acid groups (broad SMARTS) is 1. The lowest BCUT2D eigenvalue weighted by atomic mass is 9.96. The minimum Gasteiger partial charge on any atom is -0.496 e. The Balaban J connectivity index is 1.63. The predicted molar refractivity (Wildman–Crippen MR) is 182 cm³/mol. The molecule has 0 aliphatic heterocycles.